The molecule has 7 heteroatoms. The topological polar surface area (TPSA) is 98.3 Å². The number of fused-ring (bicyclic) bond motifs is 1. The molecule has 0 unspecified atom stereocenters. The first-order chi connectivity index (χ1) is 8.06. The number of hydrogen-bond donors (Lipinski definition) is 3. The molecule has 1 aromatic rings. The molecule has 1 aliphatic heterocycles. The summed E-state index contributed by atoms with van der Waals surface area (Å²) in [5.41, 5.74) is 7.05. The molecule has 1 aromatic heterocycles. The van der Waals surface area contributed by atoms with Gasteiger partial charge in [-0.2, -0.15) is 0 Å². The first-order valence-electron chi connectivity index (χ1n) is 5.11. The van der Waals surface area contributed by atoms with Crippen molar-refractivity contribution >= 4 is 29.1 Å². The van der Waals surface area contributed by atoms with Crippen LogP contribution in [0.5, 0.6) is 0 Å². The fraction of sp³-hybridized carbons (Fsp3) is 0.300. The van der Waals surface area contributed by atoms with Crippen molar-refractivity contribution in [3.05, 3.63) is 12.3 Å². The number of hydrogen-bond acceptors (Lipinski definition) is 5. The zero-order valence-corrected chi connectivity index (χ0v) is 9.69. The molecule has 2 rings (SSSR count). The molecule has 0 spiro atoms. The summed E-state index contributed by atoms with van der Waals surface area (Å²) in [6.45, 7) is 0.316. The van der Waals surface area contributed by atoms with Gasteiger partial charge in [-0.05, 0) is 6.07 Å². The second kappa shape index (κ2) is 3.93. The number of anilines is 3. The molecular formula is C10H14N6O. The van der Waals surface area contributed by atoms with Crippen LogP contribution in [0, 0.1) is 5.41 Å². The first-order valence-corrected chi connectivity index (χ1v) is 5.11. The Morgan fingerprint density at radius 2 is 2.35 bits per heavy atom. The molecular weight excluding hydrogens is 220 g/mol. The first kappa shape index (κ1) is 11.2. The Kier molecular flexibility index (Phi) is 2.58. The van der Waals surface area contributed by atoms with Crippen LogP contribution in [0.1, 0.15) is 0 Å². The molecule has 0 atom stereocenters. The van der Waals surface area contributed by atoms with Gasteiger partial charge in [-0.15, -0.1) is 0 Å². The van der Waals surface area contributed by atoms with Crippen molar-refractivity contribution in [2.45, 2.75) is 0 Å². The van der Waals surface area contributed by atoms with Crippen molar-refractivity contribution in [3.8, 4) is 0 Å². The highest BCUT2D eigenvalue weighted by atomic mass is 16.2. The lowest BCUT2D eigenvalue weighted by atomic mass is 10.2. The van der Waals surface area contributed by atoms with Crippen LogP contribution in [0.25, 0.3) is 0 Å². The van der Waals surface area contributed by atoms with Crippen LogP contribution in [0.15, 0.2) is 12.3 Å². The molecule has 1 aliphatic rings. The van der Waals surface area contributed by atoms with E-state index in [1.807, 2.05) is 7.05 Å². The number of nitrogens with two attached hydrogens (primary N) is 1. The number of amides is 2. The standard InChI is InChI=1S/C10H14N6O/c1-13-10(17)16-6-3-4-14-9(12)8(6)15(2)5-7(16)11/h3-4,11H,5H2,1-2H3,(H2,12,14)(H,13,17). The third-order valence-corrected chi connectivity index (χ3v) is 2.63. The highest BCUT2D eigenvalue weighted by Crippen LogP contribution is 2.36. The third-order valence-electron chi connectivity index (χ3n) is 2.63. The van der Waals surface area contributed by atoms with Crippen LogP contribution in [0.4, 0.5) is 22.0 Å². The third kappa shape index (κ3) is 1.65. The minimum Gasteiger partial charge on any atom is -0.382 e. The summed E-state index contributed by atoms with van der Waals surface area (Å²) < 4.78 is 0. The quantitative estimate of drug-likeness (QED) is 0.598. The number of rotatable bonds is 0. The van der Waals surface area contributed by atoms with Gasteiger partial charge >= 0.3 is 6.03 Å². The van der Waals surface area contributed by atoms with Gasteiger partial charge in [-0.3, -0.25) is 5.41 Å². The Labute approximate surface area is 98.7 Å². The molecule has 2 amide bonds. The van der Waals surface area contributed by atoms with Gasteiger partial charge in [0.1, 0.15) is 17.3 Å². The molecule has 0 saturated heterocycles. The highest BCUT2D eigenvalue weighted by Gasteiger charge is 2.30. The summed E-state index contributed by atoms with van der Waals surface area (Å²) in [4.78, 5) is 18.9. The van der Waals surface area contributed by atoms with Gasteiger partial charge in [0, 0.05) is 20.3 Å². The van der Waals surface area contributed by atoms with Crippen LogP contribution < -0.4 is 20.9 Å². The average Bonchev–Trinajstić information content (AvgIpc) is 2.28. The maximum Gasteiger partial charge on any atom is 0.327 e. The Hall–Kier alpha value is -2.31. The molecule has 4 N–H and O–H groups in total. The lowest BCUT2D eigenvalue weighted by Gasteiger charge is -2.35. The van der Waals surface area contributed by atoms with Crippen molar-refractivity contribution in [3.63, 3.8) is 0 Å². The maximum absolute atomic E-state index is 11.8. The van der Waals surface area contributed by atoms with E-state index in [-0.39, 0.29) is 11.9 Å². The van der Waals surface area contributed by atoms with E-state index in [0.29, 0.717) is 23.7 Å². The SMILES string of the molecule is CNC(=O)N1C(=N)CN(C)c2c1ccnc2N. The highest BCUT2D eigenvalue weighted by molar-refractivity contribution is 6.20. The van der Waals surface area contributed by atoms with Crippen LogP contribution in [0.3, 0.4) is 0 Å². The van der Waals surface area contributed by atoms with Crippen LogP contribution in [-0.4, -0.2) is 37.5 Å². The number of carbonyl (C=O) groups excluding carboxylic acids is 1. The number of aromatic nitrogens is 1. The zero-order valence-electron chi connectivity index (χ0n) is 9.69. The van der Waals surface area contributed by atoms with Gasteiger partial charge in [-0.1, -0.05) is 0 Å². The summed E-state index contributed by atoms with van der Waals surface area (Å²) in [5.74, 6) is 0.552. The number of nitrogens with zero attached hydrogens (tertiary/aromatic N) is 3. The van der Waals surface area contributed by atoms with Gasteiger partial charge < -0.3 is 16.0 Å². The molecule has 2 heterocycles. The molecule has 0 aliphatic carbocycles. The zero-order chi connectivity index (χ0) is 12.6. The predicted octanol–water partition coefficient (Wildman–Crippen LogP) is 0.237. The lowest BCUT2D eigenvalue weighted by Crippen LogP contribution is -2.50. The van der Waals surface area contributed by atoms with E-state index in [1.165, 1.54) is 18.1 Å². The smallest absolute Gasteiger partial charge is 0.327 e. The molecule has 17 heavy (non-hydrogen) atoms. The van der Waals surface area contributed by atoms with E-state index < -0.39 is 0 Å². The van der Waals surface area contributed by atoms with E-state index in [0.717, 1.165) is 0 Å². The normalized spacial score (nSPS) is 14.6. The van der Waals surface area contributed by atoms with Crippen LogP contribution in [-0.2, 0) is 0 Å². The second-order valence-electron chi connectivity index (χ2n) is 3.76. The van der Waals surface area contributed by atoms with Crippen molar-refractivity contribution in [1.29, 1.82) is 5.41 Å². The van der Waals surface area contributed by atoms with Gasteiger partial charge in [0.2, 0.25) is 0 Å². The Morgan fingerprint density at radius 1 is 1.65 bits per heavy atom. The molecule has 90 valence electrons. The maximum atomic E-state index is 11.8. The van der Waals surface area contributed by atoms with Crippen LogP contribution >= 0.6 is 0 Å². The Bertz CT molecular complexity index is 486. The summed E-state index contributed by atoms with van der Waals surface area (Å²) in [6.07, 6.45) is 1.52. The van der Waals surface area contributed by atoms with Crippen molar-refractivity contribution in [2.75, 3.05) is 36.2 Å². The number of amidine groups is 1. The number of nitrogens with one attached hydrogen (secondary N) is 2. The fourth-order valence-corrected chi connectivity index (χ4v) is 1.89. The molecule has 0 saturated carbocycles. The summed E-state index contributed by atoms with van der Waals surface area (Å²) in [5, 5.41) is 10.4. The van der Waals surface area contributed by atoms with Crippen molar-refractivity contribution in [1.82, 2.24) is 10.3 Å². The predicted molar refractivity (Wildman–Crippen MR) is 66.6 cm³/mol. The van der Waals surface area contributed by atoms with Crippen molar-refractivity contribution < 1.29 is 4.79 Å². The molecule has 0 bridgehead atoms. The van der Waals surface area contributed by atoms with Gasteiger partial charge in [-0.25, -0.2) is 14.7 Å². The van der Waals surface area contributed by atoms with Crippen molar-refractivity contribution in [2.24, 2.45) is 0 Å². The number of likely N-dealkylation sites (N-methyl/N-ethyl adjacent to an activating group) is 1. The number of pyridine rings is 1. The molecule has 0 radical (unpaired) electrons. The largest absolute Gasteiger partial charge is 0.382 e. The van der Waals surface area contributed by atoms with Gasteiger partial charge in [0.25, 0.3) is 0 Å². The van der Waals surface area contributed by atoms with E-state index in [9.17, 15) is 4.79 Å². The average molecular weight is 234 g/mol. The van der Waals surface area contributed by atoms with Crippen LogP contribution in [0.2, 0.25) is 0 Å². The van der Waals surface area contributed by atoms with E-state index in [4.69, 9.17) is 11.1 Å². The number of nitrogen functional groups attached to an aromatic ring is 1. The summed E-state index contributed by atoms with van der Waals surface area (Å²) in [7, 11) is 3.34. The second-order valence-corrected chi connectivity index (χ2v) is 3.76. The fourth-order valence-electron chi connectivity index (χ4n) is 1.89. The van der Waals surface area contributed by atoms with E-state index in [1.54, 1.807) is 11.0 Å². The summed E-state index contributed by atoms with van der Waals surface area (Å²) in [6, 6.07) is 1.32. The van der Waals surface area contributed by atoms with Gasteiger partial charge in [0.05, 0.1) is 12.2 Å². The monoisotopic (exact) mass is 234 g/mol. The lowest BCUT2D eigenvalue weighted by molar-refractivity contribution is 0.251. The minimum absolute atomic E-state index is 0.199. The number of urea groups is 1. The van der Waals surface area contributed by atoms with E-state index in [2.05, 4.69) is 10.3 Å². The molecule has 0 fully saturated rings. The Morgan fingerprint density at radius 3 is 3.00 bits per heavy atom. The molecule has 0 aromatic carbocycles. The van der Waals surface area contributed by atoms with E-state index >= 15 is 0 Å². The minimum atomic E-state index is -0.352. The molecule has 7 nitrogen and oxygen atoms in total. The number of carbonyl (C=O) groups is 1. The van der Waals surface area contributed by atoms with Gasteiger partial charge in [0.15, 0.2) is 0 Å². The summed E-state index contributed by atoms with van der Waals surface area (Å²) >= 11 is 0. The Balaban J connectivity index is 2.58.